The Kier molecular flexibility index (Phi) is 12.2. The van der Waals surface area contributed by atoms with Gasteiger partial charge in [-0.1, -0.05) is 30.3 Å². The van der Waals surface area contributed by atoms with Crippen LogP contribution in [-0.4, -0.2) is 105 Å². The Morgan fingerprint density at radius 3 is 2.12 bits per heavy atom. The lowest BCUT2D eigenvalue weighted by Crippen LogP contribution is -2.64. The van der Waals surface area contributed by atoms with Gasteiger partial charge in [0.2, 0.25) is 0 Å². The van der Waals surface area contributed by atoms with Crippen LogP contribution in [0.1, 0.15) is 52.7 Å². The fourth-order valence-electron chi connectivity index (χ4n) is 6.16. The molecule has 3 saturated heterocycles. The lowest BCUT2D eigenvalue weighted by atomic mass is 9.95. The molecule has 2 aromatic rings. The van der Waals surface area contributed by atoms with E-state index in [9.17, 15) is 14.4 Å². The van der Waals surface area contributed by atoms with E-state index in [2.05, 4.69) is 0 Å². The van der Waals surface area contributed by atoms with E-state index in [0.717, 1.165) is 5.56 Å². The van der Waals surface area contributed by atoms with Crippen molar-refractivity contribution in [1.82, 2.24) is 0 Å². The Bertz CT molecular complexity index is 1480. The summed E-state index contributed by atoms with van der Waals surface area (Å²) in [7, 11) is 1.56. The number of carbonyl (C=O) groups is 3. The van der Waals surface area contributed by atoms with Crippen molar-refractivity contribution in [3.63, 3.8) is 0 Å². The van der Waals surface area contributed by atoms with Crippen molar-refractivity contribution in [2.45, 2.75) is 115 Å². The van der Waals surface area contributed by atoms with E-state index in [1.165, 1.54) is 20.8 Å². The highest BCUT2D eigenvalue weighted by Gasteiger charge is 2.58. The minimum Gasteiger partial charge on any atom is -0.497 e. The maximum absolute atomic E-state index is 12.5. The molecule has 3 aliphatic rings. The first-order valence-electron chi connectivity index (χ1n) is 16.5. The molecule has 0 aromatic heterocycles. The van der Waals surface area contributed by atoms with E-state index in [1.54, 1.807) is 51.4 Å². The monoisotopic (exact) mass is 699 g/mol. The lowest BCUT2D eigenvalue weighted by molar-refractivity contribution is -0.329. The molecule has 3 aliphatic heterocycles. The molecule has 272 valence electrons. The van der Waals surface area contributed by atoms with Crippen LogP contribution in [0.5, 0.6) is 5.75 Å². The second kappa shape index (κ2) is 16.4. The second-order valence-electron chi connectivity index (χ2n) is 12.7. The highest BCUT2D eigenvalue weighted by molar-refractivity contribution is 5.80. The van der Waals surface area contributed by atoms with Crippen LogP contribution in [0.4, 0.5) is 0 Å². The summed E-state index contributed by atoms with van der Waals surface area (Å²) in [6.07, 6.45) is -6.77. The Hall–Kier alpha value is -3.92. The standard InChI is InChI=1S/C36H45NO13/c1-20-29(32-33(50-36(5,6)49-32)35(44-20)43-18-25-11-9-8-10-12-25)48-34-28(37-17-24-13-15-26(41-7)16-14-24)31(46-23(4)40)30(45-22(3)39)27(47-34)19-42-21(2)38/h8-17,20,27-35H,18-19H2,1-7H3/t20-,27+,28+,29-,30+,31+,32+,33+,34-,35+/m0/s1. The van der Waals surface area contributed by atoms with Crippen LogP contribution < -0.4 is 4.74 Å². The number of aliphatic imine (C=N–C) groups is 1. The molecule has 0 aliphatic carbocycles. The first-order valence-corrected chi connectivity index (χ1v) is 16.5. The maximum atomic E-state index is 12.5. The van der Waals surface area contributed by atoms with Gasteiger partial charge in [0.05, 0.1) is 19.8 Å². The quantitative estimate of drug-likeness (QED) is 0.180. The minimum absolute atomic E-state index is 0.282. The van der Waals surface area contributed by atoms with Gasteiger partial charge in [0, 0.05) is 27.0 Å². The zero-order chi connectivity index (χ0) is 36.0. The zero-order valence-electron chi connectivity index (χ0n) is 29.2. The van der Waals surface area contributed by atoms with Crippen LogP contribution >= 0.6 is 0 Å². The van der Waals surface area contributed by atoms with Crippen LogP contribution in [0, 0.1) is 0 Å². The summed E-state index contributed by atoms with van der Waals surface area (Å²) < 4.78 is 60.2. The molecule has 3 heterocycles. The topological polar surface area (TPSA) is 156 Å². The van der Waals surface area contributed by atoms with Gasteiger partial charge in [0.1, 0.15) is 42.8 Å². The molecule has 2 aromatic carbocycles. The zero-order valence-corrected chi connectivity index (χ0v) is 29.2. The SMILES string of the molecule is COc1ccc(C=N[C@H]2[C@H](O[C@@H]3[C@H]4OC(C)(C)O[C@H]4[C@H](OCc4ccccc4)O[C@H]3C)O[C@H](COC(C)=O)[C@@H](OC(C)=O)[C@@H]2OC(C)=O)cc1. The summed E-state index contributed by atoms with van der Waals surface area (Å²) in [4.78, 5) is 41.4. The van der Waals surface area contributed by atoms with Crippen molar-refractivity contribution in [2.24, 2.45) is 4.99 Å². The molecular formula is C36H45NO13. The molecule has 0 radical (unpaired) electrons. The van der Waals surface area contributed by atoms with Crippen molar-refractivity contribution in [3.05, 3.63) is 65.7 Å². The number of rotatable bonds is 12. The summed E-state index contributed by atoms with van der Waals surface area (Å²) in [5, 5.41) is 0. The summed E-state index contributed by atoms with van der Waals surface area (Å²) in [6.45, 7) is 9.02. The predicted octanol–water partition coefficient (Wildman–Crippen LogP) is 3.50. The number of hydrogen-bond donors (Lipinski definition) is 0. The molecule has 5 rings (SSSR count). The molecule has 0 bridgehead atoms. The van der Waals surface area contributed by atoms with Gasteiger partial charge < -0.3 is 47.4 Å². The number of nitrogens with zero attached hydrogens (tertiary/aromatic N) is 1. The number of carbonyl (C=O) groups excluding carboxylic acids is 3. The smallest absolute Gasteiger partial charge is 0.303 e. The third-order valence-corrected chi connectivity index (χ3v) is 8.30. The van der Waals surface area contributed by atoms with Gasteiger partial charge in [-0.25, -0.2) is 0 Å². The summed E-state index contributed by atoms with van der Waals surface area (Å²) in [6, 6.07) is 15.7. The number of esters is 3. The third kappa shape index (κ3) is 9.44. The van der Waals surface area contributed by atoms with E-state index in [4.69, 9.17) is 52.4 Å². The molecule has 50 heavy (non-hydrogen) atoms. The average molecular weight is 700 g/mol. The molecule has 0 amide bonds. The fraction of sp³-hybridized carbons (Fsp3) is 0.556. The van der Waals surface area contributed by atoms with Gasteiger partial charge in [-0.2, -0.15) is 0 Å². The van der Waals surface area contributed by atoms with Gasteiger partial charge >= 0.3 is 17.9 Å². The molecule has 14 nitrogen and oxygen atoms in total. The largest absolute Gasteiger partial charge is 0.497 e. The molecule has 3 fully saturated rings. The van der Waals surface area contributed by atoms with Crippen molar-refractivity contribution < 1.29 is 61.8 Å². The van der Waals surface area contributed by atoms with E-state index in [-0.39, 0.29) is 13.2 Å². The maximum Gasteiger partial charge on any atom is 0.303 e. The molecule has 0 saturated carbocycles. The van der Waals surface area contributed by atoms with Crippen molar-refractivity contribution in [1.29, 1.82) is 0 Å². The Morgan fingerprint density at radius 1 is 0.820 bits per heavy atom. The molecule has 10 atom stereocenters. The first kappa shape index (κ1) is 37.3. The van der Waals surface area contributed by atoms with Gasteiger partial charge in [-0.05, 0) is 56.2 Å². The van der Waals surface area contributed by atoms with E-state index >= 15 is 0 Å². The second-order valence-corrected chi connectivity index (χ2v) is 12.7. The van der Waals surface area contributed by atoms with Crippen molar-refractivity contribution >= 4 is 24.1 Å². The molecule has 0 unspecified atom stereocenters. The molecular weight excluding hydrogens is 654 g/mol. The average Bonchev–Trinajstić information content (AvgIpc) is 3.40. The number of methoxy groups -OCH3 is 1. The third-order valence-electron chi connectivity index (χ3n) is 8.30. The van der Waals surface area contributed by atoms with E-state index < -0.39 is 85.0 Å². The number of hydrogen-bond acceptors (Lipinski definition) is 14. The highest BCUT2D eigenvalue weighted by atomic mass is 16.8. The molecule has 0 N–H and O–H groups in total. The van der Waals surface area contributed by atoms with E-state index in [1.807, 2.05) is 37.3 Å². The summed E-state index contributed by atoms with van der Waals surface area (Å²) >= 11 is 0. The van der Waals surface area contributed by atoms with Crippen LogP contribution in [0.3, 0.4) is 0 Å². The van der Waals surface area contributed by atoms with Gasteiger partial charge in [0.25, 0.3) is 0 Å². The minimum atomic E-state index is -1.24. The molecule has 14 heteroatoms. The van der Waals surface area contributed by atoms with Crippen molar-refractivity contribution in [3.8, 4) is 5.75 Å². The normalized spacial score (nSPS) is 31.8. The summed E-state index contributed by atoms with van der Waals surface area (Å²) in [5.74, 6) is -2.27. The van der Waals surface area contributed by atoms with E-state index in [0.29, 0.717) is 11.3 Å². The van der Waals surface area contributed by atoms with Gasteiger partial charge in [-0.15, -0.1) is 0 Å². The Labute approximate surface area is 291 Å². The van der Waals surface area contributed by atoms with Gasteiger partial charge in [0.15, 0.2) is 30.6 Å². The number of ether oxygens (including phenoxy) is 10. The Balaban J connectivity index is 1.48. The summed E-state index contributed by atoms with van der Waals surface area (Å²) in [5.41, 5.74) is 1.65. The first-order chi connectivity index (χ1) is 23.8. The van der Waals surface area contributed by atoms with Crippen molar-refractivity contribution in [2.75, 3.05) is 13.7 Å². The van der Waals surface area contributed by atoms with Gasteiger partial charge in [-0.3, -0.25) is 19.4 Å². The van der Waals surface area contributed by atoms with Crippen LogP contribution in [0.2, 0.25) is 0 Å². The number of benzene rings is 2. The van der Waals surface area contributed by atoms with Crippen LogP contribution in [-0.2, 0) is 63.6 Å². The highest BCUT2D eigenvalue weighted by Crippen LogP contribution is 2.41. The van der Waals surface area contributed by atoms with Crippen LogP contribution in [0.15, 0.2) is 59.6 Å². The van der Waals surface area contributed by atoms with Crippen LogP contribution in [0.25, 0.3) is 0 Å². The molecule has 0 spiro atoms. The predicted molar refractivity (Wildman–Crippen MR) is 175 cm³/mol. The lowest BCUT2D eigenvalue weighted by Gasteiger charge is -2.47. The number of fused-ring (bicyclic) bond motifs is 1. The fourth-order valence-corrected chi connectivity index (χ4v) is 6.16. The Morgan fingerprint density at radius 2 is 1.48 bits per heavy atom.